The van der Waals surface area contributed by atoms with Crippen LogP contribution in [-0.4, -0.2) is 11.1 Å². The van der Waals surface area contributed by atoms with Crippen LogP contribution in [0.15, 0.2) is 29.8 Å². The van der Waals surface area contributed by atoms with E-state index in [0.29, 0.717) is 17.2 Å². The molecule has 3 rings (SSSR count). The molecule has 0 spiro atoms. The molecule has 1 aliphatic rings. The van der Waals surface area contributed by atoms with Gasteiger partial charge in [0.2, 0.25) is 0 Å². The summed E-state index contributed by atoms with van der Waals surface area (Å²) in [6.45, 7) is 2.09. The van der Waals surface area contributed by atoms with Crippen molar-refractivity contribution < 1.29 is 14.6 Å². The topological polar surface area (TPSA) is 46.5 Å². The molecule has 1 aromatic carbocycles. The lowest BCUT2D eigenvalue weighted by atomic mass is 10.1. The molecule has 20 heavy (non-hydrogen) atoms. The summed E-state index contributed by atoms with van der Waals surface area (Å²) in [7, 11) is 0. The molecule has 1 aromatic heterocycles. The molecular weight excluding hydrogens is 296 g/mol. The number of benzene rings is 1. The van der Waals surface area contributed by atoms with Gasteiger partial charge in [-0.25, -0.2) is 4.79 Å². The van der Waals surface area contributed by atoms with Crippen molar-refractivity contribution in [2.24, 2.45) is 0 Å². The molecule has 0 atom stereocenters. The third kappa shape index (κ3) is 2.32. The van der Waals surface area contributed by atoms with Gasteiger partial charge in [-0.05, 0) is 37.3 Å². The number of ether oxygens (including phenoxy) is 1. The van der Waals surface area contributed by atoms with Crippen molar-refractivity contribution >= 4 is 35.0 Å². The van der Waals surface area contributed by atoms with E-state index < -0.39 is 5.97 Å². The Hall–Kier alpha value is -1.78. The average molecular weight is 307 g/mol. The van der Waals surface area contributed by atoms with Crippen LogP contribution in [0, 0.1) is 0 Å². The predicted molar refractivity (Wildman–Crippen MR) is 80.4 cm³/mol. The molecule has 1 aliphatic heterocycles. The maximum atomic E-state index is 10.9. The van der Waals surface area contributed by atoms with E-state index in [2.05, 4.69) is 0 Å². The van der Waals surface area contributed by atoms with Crippen LogP contribution in [0.25, 0.3) is 16.5 Å². The number of rotatable bonds is 2. The molecule has 0 fully saturated rings. The highest BCUT2D eigenvalue weighted by Gasteiger charge is 2.20. The van der Waals surface area contributed by atoms with Gasteiger partial charge in [-0.3, -0.25) is 0 Å². The molecular formula is C15H11ClO3S. The molecule has 0 bridgehead atoms. The van der Waals surface area contributed by atoms with E-state index >= 15 is 0 Å². The van der Waals surface area contributed by atoms with E-state index in [0.717, 1.165) is 26.6 Å². The lowest BCUT2D eigenvalue weighted by Crippen LogP contribution is -2.02. The second kappa shape index (κ2) is 4.96. The normalized spacial score (nSPS) is 13.4. The van der Waals surface area contributed by atoms with E-state index in [1.165, 1.54) is 0 Å². The van der Waals surface area contributed by atoms with Crippen molar-refractivity contribution in [2.75, 3.05) is 0 Å². The first-order valence-corrected chi connectivity index (χ1v) is 7.21. The van der Waals surface area contributed by atoms with E-state index in [4.69, 9.17) is 21.4 Å². The highest BCUT2D eigenvalue weighted by Crippen LogP contribution is 2.43. The van der Waals surface area contributed by atoms with Gasteiger partial charge in [-0.1, -0.05) is 11.6 Å². The zero-order valence-electron chi connectivity index (χ0n) is 10.6. The molecule has 3 nitrogen and oxygen atoms in total. The molecule has 0 amide bonds. The average Bonchev–Trinajstić information content (AvgIpc) is 2.81. The van der Waals surface area contributed by atoms with Crippen LogP contribution in [-0.2, 0) is 11.4 Å². The van der Waals surface area contributed by atoms with Crippen molar-refractivity contribution in [3.05, 3.63) is 45.3 Å². The zero-order chi connectivity index (χ0) is 14.3. The minimum atomic E-state index is -0.906. The van der Waals surface area contributed by atoms with Crippen molar-refractivity contribution in [2.45, 2.75) is 13.5 Å². The number of carboxylic acid groups (broad SMARTS) is 1. The van der Waals surface area contributed by atoms with Crippen molar-refractivity contribution in [3.63, 3.8) is 0 Å². The van der Waals surface area contributed by atoms with Gasteiger partial charge in [0.05, 0.1) is 0 Å². The van der Waals surface area contributed by atoms with Crippen molar-refractivity contribution in [1.29, 1.82) is 0 Å². The minimum Gasteiger partial charge on any atom is -0.488 e. The zero-order valence-corrected chi connectivity index (χ0v) is 12.2. The van der Waals surface area contributed by atoms with Crippen molar-refractivity contribution in [3.8, 4) is 16.2 Å². The second-order valence-corrected chi connectivity index (χ2v) is 6.09. The second-order valence-electron chi connectivity index (χ2n) is 4.56. The van der Waals surface area contributed by atoms with Crippen LogP contribution in [0.5, 0.6) is 5.75 Å². The maximum absolute atomic E-state index is 10.9. The maximum Gasteiger partial charge on any atom is 0.331 e. The first kappa shape index (κ1) is 13.2. The molecule has 0 unspecified atom stereocenters. The number of aliphatic carboxylic acids is 1. The van der Waals surface area contributed by atoms with E-state index in [9.17, 15) is 4.79 Å². The highest BCUT2D eigenvalue weighted by atomic mass is 35.5. The lowest BCUT2D eigenvalue weighted by Gasteiger charge is -2.17. The van der Waals surface area contributed by atoms with Gasteiger partial charge < -0.3 is 9.84 Å². The fourth-order valence-electron chi connectivity index (χ4n) is 2.09. The van der Waals surface area contributed by atoms with E-state index in [1.807, 2.05) is 18.2 Å². The summed E-state index contributed by atoms with van der Waals surface area (Å²) in [4.78, 5) is 12.9. The monoisotopic (exact) mass is 306 g/mol. The van der Waals surface area contributed by atoms with Gasteiger partial charge in [0.15, 0.2) is 0 Å². The Bertz CT molecular complexity index is 731. The Morgan fingerprint density at radius 3 is 3.00 bits per heavy atom. The Kier molecular flexibility index (Phi) is 3.28. The van der Waals surface area contributed by atoms with Crippen LogP contribution in [0.4, 0.5) is 0 Å². The number of hydrogen-bond acceptors (Lipinski definition) is 3. The first-order valence-electron chi connectivity index (χ1n) is 6.01. The SMILES string of the molecule is C/C(=C\c1cc2c(s1)-c1cc(Cl)ccc1OC2)C(=O)O. The number of carboxylic acids is 1. The molecule has 0 saturated carbocycles. The Morgan fingerprint density at radius 1 is 1.45 bits per heavy atom. The van der Waals surface area contributed by atoms with Crippen LogP contribution >= 0.6 is 22.9 Å². The Labute approximate surface area is 125 Å². The molecule has 0 aliphatic carbocycles. The number of hydrogen-bond donors (Lipinski definition) is 1. The standard InChI is InChI=1S/C15H11ClO3S/c1-8(15(17)18)4-11-5-9-7-19-13-3-2-10(16)6-12(13)14(9)20-11/h2-6H,7H2,1H3,(H,17,18)/b8-4+. The number of carbonyl (C=O) groups is 1. The van der Waals surface area contributed by atoms with Crippen molar-refractivity contribution in [1.82, 2.24) is 0 Å². The minimum absolute atomic E-state index is 0.316. The summed E-state index contributed by atoms with van der Waals surface area (Å²) in [5, 5.41) is 9.59. The summed E-state index contributed by atoms with van der Waals surface area (Å²) >= 11 is 7.59. The van der Waals surface area contributed by atoms with E-state index in [1.54, 1.807) is 30.4 Å². The third-order valence-electron chi connectivity index (χ3n) is 3.09. The predicted octanol–water partition coefficient (Wildman–Crippen LogP) is 4.45. The first-order chi connectivity index (χ1) is 9.54. The summed E-state index contributed by atoms with van der Waals surface area (Å²) in [5.74, 6) is -0.0923. The van der Waals surface area contributed by atoms with Gasteiger partial charge >= 0.3 is 5.97 Å². The molecule has 102 valence electrons. The Balaban J connectivity index is 2.08. The molecule has 5 heteroatoms. The van der Waals surface area contributed by atoms with Gasteiger partial charge in [0.1, 0.15) is 12.4 Å². The smallest absolute Gasteiger partial charge is 0.331 e. The summed E-state index contributed by atoms with van der Waals surface area (Å²) in [5.41, 5.74) is 2.35. The highest BCUT2D eigenvalue weighted by molar-refractivity contribution is 7.16. The summed E-state index contributed by atoms with van der Waals surface area (Å²) in [6.07, 6.45) is 1.68. The van der Waals surface area contributed by atoms with Crippen LogP contribution in [0.2, 0.25) is 5.02 Å². The van der Waals surface area contributed by atoms with E-state index in [-0.39, 0.29) is 0 Å². The Morgan fingerprint density at radius 2 is 2.25 bits per heavy atom. The molecule has 2 heterocycles. The lowest BCUT2D eigenvalue weighted by molar-refractivity contribution is -0.132. The largest absolute Gasteiger partial charge is 0.488 e. The van der Waals surface area contributed by atoms with Crippen LogP contribution in [0.1, 0.15) is 17.4 Å². The third-order valence-corrected chi connectivity index (χ3v) is 4.49. The summed E-state index contributed by atoms with van der Waals surface area (Å²) < 4.78 is 5.68. The number of halogens is 1. The van der Waals surface area contributed by atoms with Gasteiger partial charge in [0, 0.05) is 31.5 Å². The quantitative estimate of drug-likeness (QED) is 0.834. The van der Waals surface area contributed by atoms with Crippen LogP contribution in [0.3, 0.4) is 0 Å². The molecule has 1 N–H and O–H groups in total. The fraction of sp³-hybridized carbons (Fsp3) is 0.133. The van der Waals surface area contributed by atoms with Gasteiger partial charge in [-0.2, -0.15) is 0 Å². The number of fused-ring (bicyclic) bond motifs is 3. The van der Waals surface area contributed by atoms with Crippen LogP contribution < -0.4 is 4.74 Å². The van der Waals surface area contributed by atoms with Gasteiger partial charge in [0.25, 0.3) is 0 Å². The fourth-order valence-corrected chi connectivity index (χ4v) is 3.46. The number of thiophene rings is 1. The molecule has 2 aromatic rings. The summed E-state index contributed by atoms with van der Waals surface area (Å²) in [6, 6.07) is 7.51. The van der Waals surface area contributed by atoms with Gasteiger partial charge in [-0.15, -0.1) is 11.3 Å². The molecule has 0 saturated heterocycles. The molecule has 0 radical (unpaired) electrons.